The van der Waals surface area contributed by atoms with Gasteiger partial charge in [0.15, 0.2) is 0 Å². The van der Waals surface area contributed by atoms with E-state index in [1.165, 1.54) is 9.21 Å². The van der Waals surface area contributed by atoms with Gasteiger partial charge >= 0.3 is 0 Å². The predicted molar refractivity (Wildman–Crippen MR) is 127 cm³/mol. The minimum absolute atomic E-state index is 0.0129. The van der Waals surface area contributed by atoms with Gasteiger partial charge in [-0.1, -0.05) is 41.4 Å². The van der Waals surface area contributed by atoms with Gasteiger partial charge in [-0.25, -0.2) is 8.42 Å². The zero-order valence-corrected chi connectivity index (χ0v) is 19.7. The second kappa shape index (κ2) is 10.2. The van der Waals surface area contributed by atoms with Crippen LogP contribution in [0.15, 0.2) is 77.7 Å². The first kappa shape index (κ1) is 23.8. The van der Waals surface area contributed by atoms with E-state index in [4.69, 9.17) is 16.3 Å². The number of carbonyl (C=O) groups is 1. The highest BCUT2D eigenvalue weighted by Crippen LogP contribution is 2.22. The summed E-state index contributed by atoms with van der Waals surface area (Å²) < 4.78 is 33.2. The number of nitrogens with zero attached hydrogens (tertiary/aromatic N) is 2. The van der Waals surface area contributed by atoms with Crippen molar-refractivity contribution in [3.05, 3.63) is 88.9 Å². The van der Waals surface area contributed by atoms with Gasteiger partial charge in [-0.3, -0.25) is 4.79 Å². The molecule has 0 radical (unpaired) electrons. The van der Waals surface area contributed by atoms with Gasteiger partial charge in [-0.15, -0.1) is 0 Å². The lowest BCUT2D eigenvalue weighted by molar-refractivity contribution is -0.118. The standard InChI is InChI=1S/C24H25ClN2O4S/c1-18-7-13-23(14-8-18)32(29,30)27(16-19-5-4-6-20(25)15-19)17-24(28)26(2)21-9-11-22(31-3)12-10-21/h4-15H,16-17H2,1-3H3. The first-order chi connectivity index (χ1) is 15.2. The summed E-state index contributed by atoms with van der Waals surface area (Å²) in [5, 5.41) is 0.497. The molecule has 1 amide bonds. The molecule has 0 saturated carbocycles. The molecule has 0 spiro atoms. The molecule has 0 heterocycles. The number of rotatable bonds is 8. The average molecular weight is 473 g/mol. The Bertz CT molecular complexity index is 1180. The second-order valence-electron chi connectivity index (χ2n) is 7.37. The molecule has 0 N–H and O–H groups in total. The molecule has 0 unspecified atom stereocenters. The summed E-state index contributed by atoms with van der Waals surface area (Å²) in [7, 11) is -0.753. The maximum absolute atomic E-state index is 13.4. The first-order valence-corrected chi connectivity index (χ1v) is 11.7. The molecule has 6 nitrogen and oxygen atoms in total. The Hall–Kier alpha value is -2.87. The van der Waals surface area contributed by atoms with Crippen molar-refractivity contribution in [1.29, 1.82) is 0 Å². The number of amides is 1. The Balaban J connectivity index is 1.90. The van der Waals surface area contributed by atoms with E-state index >= 15 is 0 Å². The van der Waals surface area contributed by atoms with E-state index in [2.05, 4.69) is 0 Å². The zero-order chi connectivity index (χ0) is 23.3. The molecule has 0 saturated heterocycles. The molecule has 0 aliphatic rings. The Morgan fingerprint density at radius 1 is 1.00 bits per heavy atom. The maximum Gasteiger partial charge on any atom is 0.243 e. The Morgan fingerprint density at radius 2 is 1.66 bits per heavy atom. The average Bonchev–Trinajstić information content (AvgIpc) is 2.78. The third kappa shape index (κ3) is 5.68. The van der Waals surface area contributed by atoms with Crippen molar-refractivity contribution in [2.24, 2.45) is 0 Å². The summed E-state index contributed by atoms with van der Waals surface area (Å²) >= 11 is 6.08. The molecule has 0 aromatic heterocycles. The van der Waals surface area contributed by atoms with E-state index in [0.717, 1.165) is 5.56 Å². The van der Waals surface area contributed by atoms with Crippen LogP contribution in [-0.4, -0.2) is 39.3 Å². The van der Waals surface area contributed by atoms with Gasteiger partial charge in [0.1, 0.15) is 5.75 Å². The molecule has 3 aromatic rings. The molecule has 168 valence electrons. The highest BCUT2D eigenvalue weighted by Gasteiger charge is 2.28. The fourth-order valence-corrected chi connectivity index (χ4v) is 4.72. The molecule has 0 fully saturated rings. The Kier molecular flexibility index (Phi) is 7.56. The summed E-state index contributed by atoms with van der Waals surface area (Å²) in [5.74, 6) is 0.298. The van der Waals surface area contributed by atoms with Crippen molar-refractivity contribution in [2.45, 2.75) is 18.4 Å². The third-order valence-electron chi connectivity index (χ3n) is 5.05. The van der Waals surface area contributed by atoms with Crippen LogP contribution in [0.1, 0.15) is 11.1 Å². The quantitative estimate of drug-likeness (QED) is 0.483. The molecule has 8 heteroatoms. The number of sulfonamides is 1. The van der Waals surface area contributed by atoms with Crippen LogP contribution in [0.5, 0.6) is 5.75 Å². The molecule has 0 aliphatic carbocycles. The molecule has 0 aliphatic heterocycles. The molecular weight excluding hydrogens is 448 g/mol. The summed E-state index contributed by atoms with van der Waals surface area (Å²) in [6.07, 6.45) is 0. The number of methoxy groups -OCH3 is 1. The monoisotopic (exact) mass is 472 g/mol. The fourth-order valence-electron chi connectivity index (χ4n) is 3.13. The lowest BCUT2D eigenvalue weighted by Crippen LogP contribution is -2.41. The predicted octanol–water partition coefficient (Wildman–Crippen LogP) is 4.51. The van der Waals surface area contributed by atoms with E-state index < -0.39 is 10.0 Å². The topological polar surface area (TPSA) is 66.9 Å². The minimum atomic E-state index is -3.93. The normalized spacial score (nSPS) is 11.4. The fraction of sp³-hybridized carbons (Fsp3) is 0.208. The molecule has 0 bridgehead atoms. The van der Waals surface area contributed by atoms with Crippen molar-refractivity contribution < 1.29 is 17.9 Å². The highest BCUT2D eigenvalue weighted by atomic mass is 35.5. The Labute approximate surface area is 194 Å². The molecule has 0 atom stereocenters. The molecule has 3 aromatic carbocycles. The number of benzene rings is 3. The molecule has 32 heavy (non-hydrogen) atoms. The van der Waals surface area contributed by atoms with E-state index in [-0.39, 0.29) is 23.9 Å². The molecule has 3 rings (SSSR count). The van der Waals surface area contributed by atoms with Gasteiger partial charge < -0.3 is 9.64 Å². The number of aryl methyl sites for hydroxylation is 1. The van der Waals surface area contributed by atoms with Crippen molar-refractivity contribution in [3.63, 3.8) is 0 Å². The van der Waals surface area contributed by atoms with E-state index in [0.29, 0.717) is 22.0 Å². The smallest absolute Gasteiger partial charge is 0.243 e. The third-order valence-corrected chi connectivity index (χ3v) is 7.09. The van der Waals surface area contributed by atoms with Crippen LogP contribution < -0.4 is 9.64 Å². The first-order valence-electron chi connectivity index (χ1n) is 9.92. The number of anilines is 1. The van der Waals surface area contributed by atoms with E-state index in [1.54, 1.807) is 87.0 Å². The number of hydrogen-bond acceptors (Lipinski definition) is 4. The van der Waals surface area contributed by atoms with Crippen molar-refractivity contribution in [3.8, 4) is 5.75 Å². The van der Waals surface area contributed by atoms with Crippen LogP contribution in [0.3, 0.4) is 0 Å². The maximum atomic E-state index is 13.4. The van der Waals surface area contributed by atoms with Gasteiger partial charge in [-0.05, 0) is 61.0 Å². The minimum Gasteiger partial charge on any atom is -0.497 e. The number of halogens is 1. The second-order valence-corrected chi connectivity index (χ2v) is 9.74. The van der Waals surface area contributed by atoms with Crippen LogP contribution in [0.2, 0.25) is 5.02 Å². The molecular formula is C24H25ClN2O4S. The van der Waals surface area contributed by atoms with Crippen LogP contribution >= 0.6 is 11.6 Å². The summed E-state index contributed by atoms with van der Waals surface area (Å²) in [6.45, 7) is 1.57. The van der Waals surface area contributed by atoms with E-state index in [9.17, 15) is 13.2 Å². The van der Waals surface area contributed by atoms with Crippen LogP contribution in [-0.2, 0) is 21.4 Å². The van der Waals surface area contributed by atoms with Crippen molar-refractivity contribution in [2.75, 3.05) is 25.6 Å². The Morgan fingerprint density at radius 3 is 2.25 bits per heavy atom. The number of carbonyl (C=O) groups excluding carboxylic acids is 1. The van der Waals surface area contributed by atoms with E-state index in [1.807, 2.05) is 6.92 Å². The highest BCUT2D eigenvalue weighted by molar-refractivity contribution is 7.89. The van der Waals surface area contributed by atoms with Gasteiger partial charge in [0, 0.05) is 24.3 Å². The van der Waals surface area contributed by atoms with Gasteiger partial charge in [0.05, 0.1) is 18.6 Å². The summed E-state index contributed by atoms with van der Waals surface area (Å²) in [5.41, 5.74) is 2.26. The number of hydrogen-bond donors (Lipinski definition) is 0. The van der Waals surface area contributed by atoms with Crippen molar-refractivity contribution in [1.82, 2.24) is 4.31 Å². The lowest BCUT2D eigenvalue weighted by Gasteiger charge is -2.25. The SMILES string of the molecule is COc1ccc(N(C)C(=O)CN(Cc2cccc(Cl)c2)S(=O)(=O)c2ccc(C)cc2)cc1. The van der Waals surface area contributed by atoms with Crippen LogP contribution in [0.25, 0.3) is 0 Å². The van der Waals surface area contributed by atoms with Crippen LogP contribution in [0.4, 0.5) is 5.69 Å². The largest absolute Gasteiger partial charge is 0.497 e. The van der Waals surface area contributed by atoms with Crippen molar-refractivity contribution >= 4 is 33.2 Å². The lowest BCUT2D eigenvalue weighted by atomic mass is 10.2. The van der Waals surface area contributed by atoms with Crippen LogP contribution in [0, 0.1) is 6.92 Å². The van der Waals surface area contributed by atoms with Gasteiger partial charge in [0.25, 0.3) is 0 Å². The summed E-state index contributed by atoms with van der Waals surface area (Å²) in [4.78, 5) is 14.6. The number of likely N-dealkylation sites (N-methyl/N-ethyl adjacent to an activating group) is 1. The zero-order valence-electron chi connectivity index (χ0n) is 18.2. The summed E-state index contributed by atoms with van der Waals surface area (Å²) in [6, 6.07) is 20.5. The van der Waals surface area contributed by atoms with Gasteiger partial charge in [-0.2, -0.15) is 4.31 Å². The number of ether oxygens (including phenoxy) is 1. The van der Waals surface area contributed by atoms with Gasteiger partial charge in [0.2, 0.25) is 15.9 Å².